The second-order valence-electron chi connectivity index (χ2n) is 6.96. The van der Waals surface area contributed by atoms with E-state index in [0.717, 1.165) is 29.6 Å². The highest BCUT2D eigenvalue weighted by Crippen LogP contribution is 2.34. The number of aromatic nitrogens is 4. The van der Waals surface area contributed by atoms with Gasteiger partial charge in [0, 0.05) is 17.5 Å². The summed E-state index contributed by atoms with van der Waals surface area (Å²) in [5, 5.41) is 0.855. The number of halogens is 1. The number of H-pyrrole nitrogens is 2. The summed E-state index contributed by atoms with van der Waals surface area (Å²) < 4.78 is 14.3. The number of hydrogen-bond donors (Lipinski definition) is 2. The van der Waals surface area contributed by atoms with Crippen LogP contribution in [0.1, 0.15) is 34.9 Å². The lowest BCUT2D eigenvalue weighted by molar-refractivity contribution is 0.0728. The van der Waals surface area contributed by atoms with Crippen LogP contribution in [0.3, 0.4) is 0 Å². The number of rotatable bonds is 3. The quantitative estimate of drug-likeness (QED) is 0.567. The number of fused-ring (bicyclic) bond motifs is 1. The van der Waals surface area contributed by atoms with E-state index in [9.17, 15) is 9.18 Å². The summed E-state index contributed by atoms with van der Waals surface area (Å²) in [5.74, 6) is -0.401. The first-order valence-electron chi connectivity index (χ1n) is 9.24. The molecule has 0 spiro atoms. The molecule has 4 heterocycles. The molecule has 1 aliphatic heterocycles. The minimum atomic E-state index is -0.269. The molecule has 28 heavy (non-hydrogen) atoms. The van der Waals surface area contributed by atoms with Gasteiger partial charge in [-0.1, -0.05) is 18.2 Å². The van der Waals surface area contributed by atoms with Crippen molar-refractivity contribution in [2.24, 2.45) is 0 Å². The van der Waals surface area contributed by atoms with Crippen molar-refractivity contribution in [3.8, 4) is 11.4 Å². The van der Waals surface area contributed by atoms with Crippen LogP contribution in [0.2, 0.25) is 0 Å². The van der Waals surface area contributed by atoms with Gasteiger partial charge in [0.15, 0.2) is 0 Å². The van der Waals surface area contributed by atoms with Gasteiger partial charge in [-0.2, -0.15) is 0 Å². The maximum atomic E-state index is 14.3. The van der Waals surface area contributed by atoms with Gasteiger partial charge in [-0.05, 0) is 37.1 Å². The highest BCUT2D eigenvalue weighted by atomic mass is 19.1. The zero-order valence-electron chi connectivity index (χ0n) is 15.0. The highest BCUT2D eigenvalue weighted by molar-refractivity contribution is 5.98. The number of hydrogen-bond acceptors (Lipinski definition) is 3. The van der Waals surface area contributed by atoms with Crippen molar-refractivity contribution >= 4 is 16.9 Å². The third kappa shape index (κ3) is 2.76. The highest BCUT2D eigenvalue weighted by Gasteiger charge is 2.32. The Morgan fingerprint density at radius 3 is 2.93 bits per heavy atom. The number of aromatic amines is 2. The van der Waals surface area contributed by atoms with Crippen LogP contribution in [0, 0.1) is 5.82 Å². The molecule has 1 aromatic carbocycles. The molecular formula is C21H18FN5O. The van der Waals surface area contributed by atoms with Crippen LogP contribution in [0.25, 0.3) is 22.4 Å². The van der Waals surface area contributed by atoms with Gasteiger partial charge >= 0.3 is 0 Å². The SMILES string of the molecule is O=C(c1cc2ccc(-c3cnc[nH]3)nc2[nH]1)N1CCCC1c1ccccc1F. The van der Waals surface area contributed by atoms with E-state index in [2.05, 4.69) is 19.9 Å². The molecule has 3 aromatic heterocycles. The minimum Gasteiger partial charge on any atom is -0.343 e. The molecule has 6 nitrogen and oxygen atoms in total. The zero-order chi connectivity index (χ0) is 19.1. The summed E-state index contributed by atoms with van der Waals surface area (Å²) in [6, 6.07) is 12.0. The lowest BCUT2D eigenvalue weighted by atomic mass is 10.0. The molecule has 0 saturated carbocycles. The number of nitrogens with one attached hydrogen (secondary N) is 2. The monoisotopic (exact) mass is 375 g/mol. The molecule has 140 valence electrons. The molecule has 1 amide bonds. The van der Waals surface area contributed by atoms with Crippen molar-refractivity contribution in [1.29, 1.82) is 0 Å². The van der Waals surface area contributed by atoms with Crippen LogP contribution < -0.4 is 0 Å². The van der Waals surface area contributed by atoms with Crippen molar-refractivity contribution in [1.82, 2.24) is 24.8 Å². The first-order valence-corrected chi connectivity index (χ1v) is 9.24. The second kappa shape index (κ2) is 6.60. The second-order valence-corrected chi connectivity index (χ2v) is 6.96. The van der Waals surface area contributed by atoms with E-state index in [1.54, 1.807) is 35.6 Å². The van der Waals surface area contributed by atoms with Crippen LogP contribution >= 0.6 is 0 Å². The largest absolute Gasteiger partial charge is 0.343 e. The maximum Gasteiger partial charge on any atom is 0.270 e. The molecular weight excluding hydrogens is 357 g/mol. The van der Waals surface area contributed by atoms with Crippen molar-refractivity contribution in [3.05, 3.63) is 72.1 Å². The Morgan fingerprint density at radius 2 is 2.11 bits per heavy atom. The number of amides is 1. The third-order valence-electron chi connectivity index (χ3n) is 5.26. The maximum absolute atomic E-state index is 14.3. The molecule has 7 heteroatoms. The summed E-state index contributed by atoms with van der Waals surface area (Å²) in [5.41, 5.74) is 3.23. The Balaban J connectivity index is 1.47. The van der Waals surface area contributed by atoms with Crippen molar-refractivity contribution < 1.29 is 9.18 Å². The van der Waals surface area contributed by atoms with Crippen LogP contribution in [-0.4, -0.2) is 37.3 Å². The summed E-state index contributed by atoms with van der Waals surface area (Å²) in [4.78, 5) is 29.6. The van der Waals surface area contributed by atoms with Gasteiger partial charge in [0.1, 0.15) is 17.2 Å². The van der Waals surface area contributed by atoms with E-state index >= 15 is 0 Å². The number of nitrogens with zero attached hydrogens (tertiary/aromatic N) is 3. The van der Waals surface area contributed by atoms with E-state index in [1.165, 1.54) is 6.07 Å². The molecule has 2 N–H and O–H groups in total. The van der Waals surface area contributed by atoms with E-state index in [1.807, 2.05) is 18.2 Å². The normalized spacial score (nSPS) is 16.8. The molecule has 1 unspecified atom stereocenters. The summed E-state index contributed by atoms with van der Waals surface area (Å²) in [6.07, 6.45) is 4.91. The van der Waals surface area contributed by atoms with Crippen molar-refractivity contribution in [2.75, 3.05) is 6.54 Å². The smallest absolute Gasteiger partial charge is 0.270 e. The fraction of sp³-hybridized carbons (Fsp3) is 0.190. The van der Waals surface area contributed by atoms with Gasteiger partial charge in [-0.15, -0.1) is 0 Å². The number of imidazole rings is 1. The first kappa shape index (κ1) is 16.7. The Morgan fingerprint density at radius 1 is 1.21 bits per heavy atom. The molecule has 1 atom stereocenters. The Kier molecular flexibility index (Phi) is 3.93. The number of likely N-dealkylation sites (tertiary alicyclic amines) is 1. The van der Waals surface area contributed by atoms with Crippen LogP contribution in [-0.2, 0) is 0 Å². The molecule has 5 rings (SSSR count). The van der Waals surface area contributed by atoms with Gasteiger partial charge in [-0.25, -0.2) is 14.4 Å². The average molecular weight is 375 g/mol. The molecule has 0 radical (unpaired) electrons. The van der Waals surface area contributed by atoms with E-state index < -0.39 is 0 Å². The number of carbonyl (C=O) groups is 1. The topological polar surface area (TPSA) is 77.7 Å². The van der Waals surface area contributed by atoms with Crippen LogP contribution in [0.15, 0.2) is 55.0 Å². The molecule has 0 bridgehead atoms. The lowest BCUT2D eigenvalue weighted by Crippen LogP contribution is -2.31. The Labute approximate surface area is 160 Å². The molecule has 1 saturated heterocycles. The van der Waals surface area contributed by atoms with Crippen molar-refractivity contribution in [2.45, 2.75) is 18.9 Å². The van der Waals surface area contributed by atoms with E-state index in [4.69, 9.17) is 0 Å². The van der Waals surface area contributed by atoms with E-state index in [0.29, 0.717) is 23.4 Å². The third-order valence-corrected chi connectivity index (χ3v) is 5.26. The summed E-state index contributed by atoms with van der Waals surface area (Å²) >= 11 is 0. The fourth-order valence-corrected chi connectivity index (χ4v) is 3.90. The standard InChI is InChI=1S/C21H18FN5O/c22-15-5-2-1-4-14(15)19-6-3-9-27(19)21(28)17-10-13-7-8-16(25-20(13)26-17)18-11-23-12-24-18/h1-2,4-5,7-8,10-12,19H,3,6,9H2,(H,23,24)(H,25,26). The van der Waals surface area contributed by atoms with Gasteiger partial charge < -0.3 is 14.9 Å². The summed E-state index contributed by atoms with van der Waals surface area (Å²) in [7, 11) is 0. The molecule has 1 fully saturated rings. The number of benzene rings is 1. The predicted octanol–water partition coefficient (Wildman–Crippen LogP) is 4.07. The van der Waals surface area contributed by atoms with Gasteiger partial charge in [0.05, 0.1) is 30.0 Å². The van der Waals surface area contributed by atoms with Gasteiger partial charge in [-0.3, -0.25) is 4.79 Å². The zero-order valence-corrected chi connectivity index (χ0v) is 15.0. The average Bonchev–Trinajstić information content (AvgIpc) is 3.47. The molecule has 4 aromatic rings. The van der Waals surface area contributed by atoms with Gasteiger partial charge in [0.25, 0.3) is 5.91 Å². The fourth-order valence-electron chi connectivity index (χ4n) is 3.90. The van der Waals surface area contributed by atoms with Crippen LogP contribution in [0.4, 0.5) is 4.39 Å². The van der Waals surface area contributed by atoms with Gasteiger partial charge in [0.2, 0.25) is 0 Å². The van der Waals surface area contributed by atoms with E-state index in [-0.39, 0.29) is 17.8 Å². The first-order chi connectivity index (χ1) is 13.7. The summed E-state index contributed by atoms with van der Waals surface area (Å²) in [6.45, 7) is 0.611. The van der Waals surface area contributed by atoms with Crippen molar-refractivity contribution in [3.63, 3.8) is 0 Å². The minimum absolute atomic E-state index is 0.133. The number of carbonyl (C=O) groups excluding carboxylic acids is 1. The lowest BCUT2D eigenvalue weighted by Gasteiger charge is -2.25. The molecule has 1 aliphatic rings. The molecule has 0 aliphatic carbocycles. The Hall–Kier alpha value is -3.48. The number of pyridine rings is 1. The Bertz CT molecular complexity index is 1150. The van der Waals surface area contributed by atoms with Crippen LogP contribution in [0.5, 0.6) is 0 Å². The predicted molar refractivity (Wildman–Crippen MR) is 103 cm³/mol.